The molecule has 0 fully saturated rings. The van der Waals surface area contributed by atoms with Gasteiger partial charge in [0.05, 0.1) is 6.10 Å². The van der Waals surface area contributed by atoms with E-state index in [9.17, 15) is 13.9 Å². The minimum absolute atomic E-state index is 0.301. The minimum Gasteiger partial charge on any atom is -0.485 e. The highest BCUT2D eigenvalue weighted by molar-refractivity contribution is 5.40. The number of benzene rings is 2. The molecule has 3 rings (SSSR count). The summed E-state index contributed by atoms with van der Waals surface area (Å²) in [4.78, 5) is 0. The molecule has 0 aliphatic carbocycles. The van der Waals surface area contributed by atoms with Crippen LogP contribution in [0, 0.1) is 18.6 Å². The van der Waals surface area contributed by atoms with E-state index in [0.717, 1.165) is 11.1 Å². The topological polar surface area (TPSA) is 29.5 Å². The lowest BCUT2D eigenvalue weighted by atomic mass is 9.93. The zero-order valence-corrected chi connectivity index (χ0v) is 10.9. The standard InChI is InChI=1S/C16H14F2O2/c1-9-6-10(17)2-4-12(9)16-8-14(19)13-7-11(18)3-5-15(13)20-16/h2-7,14,16,19H,8H2,1H3/t14-,16?/m0/s1. The molecule has 2 aromatic carbocycles. The van der Waals surface area contributed by atoms with E-state index >= 15 is 0 Å². The summed E-state index contributed by atoms with van der Waals surface area (Å²) in [6.45, 7) is 1.80. The van der Waals surface area contributed by atoms with Crippen LogP contribution in [0.3, 0.4) is 0 Å². The third-order valence-corrected chi connectivity index (χ3v) is 3.62. The van der Waals surface area contributed by atoms with E-state index in [1.807, 2.05) is 0 Å². The van der Waals surface area contributed by atoms with Crippen LogP contribution in [-0.4, -0.2) is 5.11 Å². The van der Waals surface area contributed by atoms with Gasteiger partial charge in [0.2, 0.25) is 0 Å². The summed E-state index contributed by atoms with van der Waals surface area (Å²) in [7, 11) is 0. The summed E-state index contributed by atoms with van der Waals surface area (Å²) in [6, 6.07) is 8.57. The number of hydrogen-bond acceptors (Lipinski definition) is 2. The van der Waals surface area contributed by atoms with Crippen molar-refractivity contribution in [2.75, 3.05) is 0 Å². The van der Waals surface area contributed by atoms with Crippen LogP contribution in [0.25, 0.3) is 0 Å². The fourth-order valence-corrected chi connectivity index (χ4v) is 2.61. The maximum atomic E-state index is 13.2. The van der Waals surface area contributed by atoms with Crippen molar-refractivity contribution in [3.05, 3.63) is 64.7 Å². The van der Waals surface area contributed by atoms with Gasteiger partial charge in [0.15, 0.2) is 0 Å². The van der Waals surface area contributed by atoms with Gasteiger partial charge in [-0.05, 0) is 48.4 Å². The highest BCUT2D eigenvalue weighted by Crippen LogP contribution is 2.41. The van der Waals surface area contributed by atoms with E-state index in [1.54, 1.807) is 13.0 Å². The second-order valence-corrected chi connectivity index (χ2v) is 5.04. The van der Waals surface area contributed by atoms with Gasteiger partial charge in [0.25, 0.3) is 0 Å². The lowest BCUT2D eigenvalue weighted by Gasteiger charge is -2.30. The molecule has 2 aromatic rings. The Morgan fingerprint density at radius 1 is 1.05 bits per heavy atom. The van der Waals surface area contributed by atoms with Crippen LogP contribution >= 0.6 is 0 Å². The van der Waals surface area contributed by atoms with E-state index < -0.39 is 11.9 Å². The van der Waals surface area contributed by atoms with Crippen molar-refractivity contribution in [2.45, 2.75) is 25.6 Å². The molecule has 1 unspecified atom stereocenters. The Hall–Kier alpha value is -1.94. The number of fused-ring (bicyclic) bond motifs is 1. The second-order valence-electron chi connectivity index (χ2n) is 5.04. The molecule has 4 heteroatoms. The zero-order valence-electron chi connectivity index (χ0n) is 10.9. The van der Waals surface area contributed by atoms with Gasteiger partial charge in [-0.15, -0.1) is 0 Å². The molecule has 1 aliphatic rings. The molecular weight excluding hydrogens is 262 g/mol. The molecule has 1 N–H and O–H groups in total. The van der Waals surface area contributed by atoms with Crippen LogP contribution in [0.5, 0.6) is 5.75 Å². The molecule has 0 saturated heterocycles. The summed E-state index contributed by atoms with van der Waals surface area (Å²) in [6.07, 6.45) is -0.824. The van der Waals surface area contributed by atoms with Gasteiger partial charge in [-0.3, -0.25) is 0 Å². The Morgan fingerprint density at radius 2 is 1.75 bits per heavy atom. The number of hydrogen-bond donors (Lipinski definition) is 1. The van der Waals surface area contributed by atoms with E-state index in [4.69, 9.17) is 4.74 Å². The van der Waals surface area contributed by atoms with Crippen LogP contribution in [0.4, 0.5) is 8.78 Å². The Labute approximate surface area is 115 Å². The Morgan fingerprint density at radius 3 is 2.50 bits per heavy atom. The highest BCUT2D eigenvalue weighted by Gasteiger charge is 2.29. The summed E-state index contributed by atoms with van der Waals surface area (Å²) >= 11 is 0. The van der Waals surface area contributed by atoms with Gasteiger partial charge in [-0.2, -0.15) is 0 Å². The van der Waals surface area contributed by atoms with Gasteiger partial charge in [-0.1, -0.05) is 6.07 Å². The normalized spacial score (nSPS) is 21.2. The van der Waals surface area contributed by atoms with Crippen LogP contribution in [0.1, 0.15) is 35.3 Å². The molecule has 0 aromatic heterocycles. The van der Waals surface area contributed by atoms with Crippen LogP contribution in [0.2, 0.25) is 0 Å². The third kappa shape index (κ3) is 2.27. The van der Waals surface area contributed by atoms with Gasteiger partial charge >= 0.3 is 0 Å². The summed E-state index contributed by atoms with van der Waals surface area (Å²) < 4.78 is 32.1. The van der Waals surface area contributed by atoms with Crippen molar-refractivity contribution in [3.8, 4) is 5.75 Å². The maximum absolute atomic E-state index is 13.2. The molecular formula is C16H14F2O2. The summed E-state index contributed by atoms with van der Waals surface area (Å²) in [5.41, 5.74) is 2.06. The van der Waals surface area contributed by atoms with Gasteiger partial charge in [0.1, 0.15) is 23.5 Å². The first-order valence-corrected chi connectivity index (χ1v) is 6.45. The lowest BCUT2D eigenvalue weighted by molar-refractivity contribution is 0.0650. The molecule has 20 heavy (non-hydrogen) atoms. The molecule has 2 nitrogen and oxygen atoms in total. The van der Waals surface area contributed by atoms with Crippen molar-refractivity contribution in [1.29, 1.82) is 0 Å². The largest absolute Gasteiger partial charge is 0.485 e. The molecule has 0 radical (unpaired) electrons. The molecule has 0 spiro atoms. The molecule has 1 aliphatic heterocycles. The molecule has 2 atom stereocenters. The van der Waals surface area contributed by atoms with Crippen LogP contribution in [0.15, 0.2) is 36.4 Å². The maximum Gasteiger partial charge on any atom is 0.127 e. The van der Waals surface area contributed by atoms with E-state index in [-0.39, 0.29) is 11.9 Å². The first kappa shape index (κ1) is 13.1. The molecule has 1 heterocycles. The van der Waals surface area contributed by atoms with Crippen LogP contribution < -0.4 is 4.74 Å². The lowest BCUT2D eigenvalue weighted by Crippen LogP contribution is -2.20. The summed E-state index contributed by atoms with van der Waals surface area (Å²) in [5.74, 6) is -0.230. The number of halogens is 2. The predicted octanol–water partition coefficient (Wildman–Crippen LogP) is 3.83. The van der Waals surface area contributed by atoms with Gasteiger partial charge in [0, 0.05) is 12.0 Å². The number of rotatable bonds is 1. The molecule has 104 valence electrons. The number of aliphatic hydroxyl groups excluding tert-OH is 1. The SMILES string of the molecule is Cc1cc(F)ccc1C1C[C@H](O)c2cc(F)ccc2O1. The predicted molar refractivity (Wildman–Crippen MR) is 70.5 cm³/mol. The highest BCUT2D eigenvalue weighted by atomic mass is 19.1. The second kappa shape index (κ2) is 4.87. The van der Waals surface area contributed by atoms with Crippen LogP contribution in [-0.2, 0) is 0 Å². The molecule has 0 amide bonds. The Balaban J connectivity index is 1.97. The quantitative estimate of drug-likeness (QED) is 0.857. The fourth-order valence-electron chi connectivity index (χ4n) is 2.61. The van der Waals surface area contributed by atoms with Crippen molar-refractivity contribution in [3.63, 3.8) is 0 Å². The van der Waals surface area contributed by atoms with Crippen molar-refractivity contribution in [1.82, 2.24) is 0 Å². The molecule has 0 bridgehead atoms. The Bertz CT molecular complexity index is 655. The minimum atomic E-state index is -0.788. The molecule has 0 saturated carbocycles. The number of ether oxygens (including phenoxy) is 1. The van der Waals surface area contributed by atoms with Gasteiger partial charge < -0.3 is 9.84 Å². The first-order valence-electron chi connectivity index (χ1n) is 6.45. The van der Waals surface area contributed by atoms with E-state index in [2.05, 4.69) is 0 Å². The monoisotopic (exact) mass is 276 g/mol. The van der Waals surface area contributed by atoms with Crippen molar-refractivity contribution in [2.24, 2.45) is 0 Å². The van der Waals surface area contributed by atoms with E-state index in [0.29, 0.717) is 17.7 Å². The van der Waals surface area contributed by atoms with Crippen molar-refractivity contribution < 1.29 is 18.6 Å². The van der Waals surface area contributed by atoms with Crippen molar-refractivity contribution >= 4 is 0 Å². The Kier molecular flexibility index (Phi) is 3.18. The van der Waals surface area contributed by atoms with Gasteiger partial charge in [-0.25, -0.2) is 8.78 Å². The zero-order chi connectivity index (χ0) is 14.3. The first-order chi connectivity index (χ1) is 9.54. The third-order valence-electron chi connectivity index (χ3n) is 3.62. The number of aliphatic hydroxyl groups is 1. The fraction of sp³-hybridized carbons (Fsp3) is 0.250. The smallest absolute Gasteiger partial charge is 0.127 e. The van der Waals surface area contributed by atoms with E-state index in [1.165, 1.54) is 30.3 Å². The average molecular weight is 276 g/mol. The summed E-state index contributed by atoms with van der Waals surface area (Å²) in [5, 5.41) is 10.1. The number of aryl methyl sites for hydroxylation is 1. The average Bonchev–Trinajstić information content (AvgIpc) is 2.39.